The summed E-state index contributed by atoms with van der Waals surface area (Å²) in [6.07, 6.45) is 1.99. The molecule has 2 rings (SSSR count). The van der Waals surface area contributed by atoms with Gasteiger partial charge in [0.25, 0.3) is 0 Å². The molecule has 108 valence electrons. The molecule has 0 saturated heterocycles. The van der Waals surface area contributed by atoms with Crippen LogP contribution in [0.3, 0.4) is 0 Å². The maximum absolute atomic E-state index is 11.8. The van der Waals surface area contributed by atoms with Gasteiger partial charge in [-0.05, 0) is 70.8 Å². The summed E-state index contributed by atoms with van der Waals surface area (Å²) in [6, 6.07) is 14.0. The van der Waals surface area contributed by atoms with Crippen LogP contribution in [-0.4, -0.2) is 12.1 Å². The number of benzene rings is 2. The molecule has 0 aliphatic heterocycles. The first-order valence-electron chi connectivity index (χ1n) is 6.68. The molecule has 0 bridgehead atoms. The molecule has 0 aliphatic rings. The second-order valence-electron chi connectivity index (χ2n) is 4.94. The summed E-state index contributed by atoms with van der Waals surface area (Å²) in [6.45, 7) is 4.11. The number of carbonyl (C=O) groups is 1. The first-order valence-corrected chi connectivity index (χ1v) is 7.76. The van der Waals surface area contributed by atoms with Crippen LogP contribution in [-0.2, 0) is 11.2 Å². The summed E-state index contributed by atoms with van der Waals surface area (Å²) >= 11 is 2.25. The Bertz CT molecular complexity index is 663. The highest BCUT2D eigenvalue weighted by Gasteiger charge is 2.03. The first-order chi connectivity index (χ1) is 10.0. The lowest BCUT2D eigenvalue weighted by atomic mass is 10.0. The zero-order valence-electron chi connectivity index (χ0n) is 12.1. The van der Waals surface area contributed by atoms with Gasteiger partial charge in [0, 0.05) is 3.57 Å². The first kappa shape index (κ1) is 15.7. The van der Waals surface area contributed by atoms with E-state index in [0.29, 0.717) is 6.42 Å². The molecule has 2 aromatic carbocycles. The second kappa shape index (κ2) is 7.36. The number of aryl methyl sites for hydroxylation is 2. The van der Waals surface area contributed by atoms with Crippen molar-refractivity contribution in [1.29, 1.82) is 0 Å². The highest BCUT2D eigenvalue weighted by atomic mass is 127. The Hall–Kier alpha value is -1.69. The zero-order chi connectivity index (χ0) is 15.2. The number of nitrogens with zero attached hydrogens (tertiary/aromatic N) is 1. The van der Waals surface area contributed by atoms with Crippen molar-refractivity contribution >= 4 is 34.7 Å². The molecular formula is C17H17IN2O. The lowest BCUT2D eigenvalue weighted by molar-refractivity contribution is -0.120. The lowest BCUT2D eigenvalue weighted by Gasteiger charge is -2.04. The largest absolute Gasteiger partial charge is 0.273 e. The molecule has 0 atom stereocenters. The molecule has 0 aromatic heterocycles. The molecule has 0 fully saturated rings. The summed E-state index contributed by atoms with van der Waals surface area (Å²) in [5, 5.41) is 3.98. The minimum atomic E-state index is -0.111. The molecule has 0 spiro atoms. The van der Waals surface area contributed by atoms with Crippen LogP contribution in [0.1, 0.15) is 22.3 Å². The third-order valence-corrected chi connectivity index (χ3v) is 3.93. The van der Waals surface area contributed by atoms with Crippen molar-refractivity contribution in [3.8, 4) is 0 Å². The Kier molecular flexibility index (Phi) is 5.50. The summed E-state index contributed by atoms with van der Waals surface area (Å²) in [5.74, 6) is -0.111. The highest BCUT2D eigenvalue weighted by molar-refractivity contribution is 14.1. The summed E-state index contributed by atoms with van der Waals surface area (Å²) in [4.78, 5) is 11.8. The highest BCUT2D eigenvalue weighted by Crippen LogP contribution is 2.10. The lowest BCUT2D eigenvalue weighted by Crippen LogP contribution is -2.19. The van der Waals surface area contributed by atoms with Crippen LogP contribution in [0.25, 0.3) is 0 Å². The molecule has 0 saturated carbocycles. The van der Waals surface area contributed by atoms with E-state index in [9.17, 15) is 4.79 Å². The standard InChI is InChI=1S/C17H17IN2O/c1-12-3-4-15(9-13(12)2)10-17(21)20-19-11-14-5-7-16(18)8-6-14/h3-9,11H,10H2,1-2H3,(H,20,21)/b19-11-. The van der Waals surface area contributed by atoms with Crippen LogP contribution in [0.2, 0.25) is 0 Å². The van der Waals surface area contributed by atoms with Crippen LogP contribution in [0, 0.1) is 17.4 Å². The fraction of sp³-hybridized carbons (Fsp3) is 0.176. The van der Waals surface area contributed by atoms with Crippen molar-refractivity contribution in [2.45, 2.75) is 20.3 Å². The number of rotatable bonds is 4. The number of hydrazone groups is 1. The summed E-state index contributed by atoms with van der Waals surface area (Å²) in [5.41, 5.74) is 6.95. The van der Waals surface area contributed by atoms with E-state index in [4.69, 9.17) is 0 Å². The van der Waals surface area contributed by atoms with Crippen LogP contribution in [0.4, 0.5) is 0 Å². The average Bonchev–Trinajstić information content (AvgIpc) is 2.45. The van der Waals surface area contributed by atoms with Crippen LogP contribution in [0.5, 0.6) is 0 Å². The molecule has 21 heavy (non-hydrogen) atoms. The Morgan fingerprint density at radius 3 is 2.52 bits per heavy atom. The van der Waals surface area contributed by atoms with Gasteiger partial charge in [-0.2, -0.15) is 5.10 Å². The molecule has 3 nitrogen and oxygen atoms in total. The van der Waals surface area contributed by atoms with Gasteiger partial charge < -0.3 is 0 Å². The topological polar surface area (TPSA) is 41.5 Å². The Labute approximate surface area is 138 Å². The molecule has 1 N–H and O–H groups in total. The van der Waals surface area contributed by atoms with Crippen molar-refractivity contribution < 1.29 is 4.79 Å². The van der Waals surface area contributed by atoms with Gasteiger partial charge in [-0.15, -0.1) is 0 Å². The number of hydrogen-bond acceptors (Lipinski definition) is 2. The van der Waals surface area contributed by atoms with Gasteiger partial charge in [0.2, 0.25) is 5.91 Å². The van der Waals surface area contributed by atoms with E-state index in [1.807, 2.05) is 49.4 Å². The number of nitrogens with one attached hydrogen (secondary N) is 1. The fourth-order valence-electron chi connectivity index (χ4n) is 1.87. The van der Waals surface area contributed by atoms with Gasteiger partial charge in [0.05, 0.1) is 12.6 Å². The van der Waals surface area contributed by atoms with Gasteiger partial charge in [-0.25, -0.2) is 5.43 Å². The molecule has 0 radical (unpaired) electrons. The molecule has 1 amide bonds. The van der Waals surface area contributed by atoms with E-state index < -0.39 is 0 Å². The Morgan fingerprint density at radius 2 is 1.86 bits per heavy atom. The van der Waals surface area contributed by atoms with Crippen molar-refractivity contribution in [2.75, 3.05) is 0 Å². The number of halogens is 1. The Balaban J connectivity index is 1.89. The molecule has 0 unspecified atom stereocenters. The summed E-state index contributed by atoms with van der Waals surface area (Å²) < 4.78 is 1.17. The number of carbonyl (C=O) groups excluding carboxylic acids is 1. The van der Waals surface area contributed by atoms with E-state index in [1.54, 1.807) is 6.21 Å². The molecule has 4 heteroatoms. The third kappa shape index (κ3) is 4.97. The van der Waals surface area contributed by atoms with Gasteiger partial charge >= 0.3 is 0 Å². The second-order valence-corrected chi connectivity index (χ2v) is 6.19. The summed E-state index contributed by atoms with van der Waals surface area (Å²) in [7, 11) is 0. The van der Waals surface area contributed by atoms with Gasteiger partial charge in [0.1, 0.15) is 0 Å². The number of amides is 1. The normalized spacial score (nSPS) is 10.8. The van der Waals surface area contributed by atoms with Crippen LogP contribution in [0.15, 0.2) is 47.6 Å². The molecule has 0 heterocycles. The number of hydrogen-bond donors (Lipinski definition) is 1. The quantitative estimate of drug-likeness (QED) is 0.482. The van der Waals surface area contributed by atoms with Crippen molar-refractivity contribution in [2.24, 2.45) is 5.10 Å². The maximum Gasteiger partial charge on any atom is 0.244 e. The van der Waals surface area contributed by atoms with Crippen LogP contribution < -0.4 is 5.43 Å². The van der Waals surface area contributed by atoms with E-state index >= 15 is 0 Å². The van der Waals surface area contributed by atoms with Gasteiger partial charge in [-0.1, -0.05) is 30.3 Å². The van der Waals surface area contributed by atoms with E-state index in [2.05, 4.69) is 40.0 Å². The Morgan fingerprint density at radius 1 is 1.14 bits per heavy atom. The molecule has 0 aliphatic carbocycles. The van der Waals surface area contributed by atoms with Crippen molar-refractivity contribution in [3.05, 3.63) is 68.3 Å². The fourth-order valence-corrected chi connectivity index (χ4v) is 2.23. The van der Waals surface area contributed by atoms with E-state index in [1.165, 1.54) is 14.7 Å². The minimum Gasteiger partial charge on any atom is -0.273 e. The SMILES string of the molecule is Cc1ccc(CC(=O)N/N=C\c2ccc(I)cc2)cc1C. The molecular weight excluding hydrogens is 375 g/mol. The monoisotopic (exact) mass is 392 g/mol. The predicted molar refractivity (Wildman–Crippen MR) is 94.5 cm³/mol. The smallest absolute Gasteiger partial charge is 0.244 e. The van der Waals surface area contributed by atoms with Crippen molar-refractivity contribution in [1.82, 2.24) is 5.43 Å². The molecule has 2 aromatic rings. The zero-order valence-corrected chi connectivity index (χ0v) is 14.2. The predicted octanol–water partition coefficient (Wildman–Crippen LogP) is 3.60. The van der Waals surface area contributed by atoms with Gasteiger partial charge in [-0.3, -0.25) is 4.79 Å². The maximum atomic E-state index is 11.8. The van der Waals surface area contributed by atoms with Crippen LogP contribution >= 0.6 is 22.6 Å². The third-order valence-electron chi connectivity index (χ3n) is 3.21. The van der Waals surface area contributed by atoms with E-state index in [-0.39, 0.29) is 5.91 Å². The average molecular weight is 392 g/mol. The van der Waals surface area contributed by atoms with Gasteiger partial charge in [0.15, 0.2) is 0 Å². The minimum absolute atomic E-state index is 0.111. The van der Waals surface area contributed by atoms with Crippen molar-refractivity contribution in [3.63, 3.8) is 0 Å². The van der Waals surface area contributed by atoms with E-state index in [0.717, 1.165) is 11.1 Å².